The maximum Gasteiger partial charge on any atom is 0.269 e. The Morgan fingerprint density at radius 2 is 1.91 bits per heavy atom. The van der Waals surface area contributed by atoms with E-state index in [-0.39, 0.29) is 8.76 Å². The number of para-hydroxylation sites is 1. The summed E-state index contributed by atoms with van der Waals surface area (Å²) in [7, 11) is 2.11. The van der Waals surface area contributed by atoms with E-state index in [1.807, 2.05) is 18.2 Å². The molecule has 1 unspecified atom stereocenters. The zero-order chi connectivity index (χ0) is 24.5. The first-order chi connectivity index (χ1) is 15.9. The SMILES string of the molecule is CC#N.CCC(CCN(C)c1ccccc1)CNC(=O)c1cccc(COCNC(C)C)n1.[HH].[HH]. The number of nitrogens with zero attached hydrogens (tertiary/aromatic N) is 3. The maximum absolute atomic E-state index is 12.6. The predicted molar refractivity (Wildman–Crippen MR) is 138 cm³/mol. The van der Waals surface area contributed by atoms with E-state index in [2.05, 4.69) is 72.6 Å². The molecule has 0 aliphatic heterocycles. The second-order valence-electron chi connectivity index (χ2n) is 8.12. The smallest absolute Gasteiger partial charge is 0.269 e. The number of nitriles is 1. The number of aromatic nitrogens is 1. The zero-order valence-corrected chi connectivity index (χ0v) is 20.7. The molecule has 1 heterocycles. The minimum absolute atomic E-state index is 0. The number of pyridine rings is 1. The van der Waals surface area contributed by atoms with Gasteiger partial charge >= 0.3 is 0 Å². The molecule has 184 valence electrons. The molecule has 1 amide bonds. The predicted octanol–water partition coefficient (Wildman–Crippen LogP) is 4.86. The van der Waals surface area contributed by atoms with Crippen LogP contribution >= 0.6 is 0 Å². The summed E-state index contributed by atoms with van der Waals surface area (Å²) in [5.41, 5.74) is 2.40. The van der Waals surface area contributed by atoms with Crippen molar-refractivity contribution >= 4 is 11.6 Å². The van der Waals surface area contributed by atoms with E-state index in [1.165, 1.54) is 12.6 Å². The molecule has 7 nitrogen and oxygen atoms in total. The number of ether oxygens (including phenoxy) is 1. The monoisotopic (exact) mass is 457 g/mol. The van der Waals surface area contributed by atoms with E-state index < -0.39 is 0 Å². The van der Waals surface area contributed by atoms with Gasteiger partial charge in [0.05, 0.1) is 25.1 Å². The molecule has 0 aliphatic rings. The summed E-state index contributed by atoms with van der Waals surface area (Å²) in [6.07, 6.45) is 2.04. The van der Waals surface area contributed by atoms with Crippen LogP contribution in [0.5, 0.6) is 0 Å². The Balaban J connectivity index is 0. The van der Waals surface area contributed by atoms with Crippen LogP contribution in [-0.2, 0) is 11.3 Å². The number of hydrogen-bond donors (Lipinski definition) is 2. The van der Waals surface area contributed by atoms with Crippen LogP contribution in [0.15, 0.2) is 48.5 Å². The second kappa shape index (κ2) is 16.7. The number of carbonyl (C=O) groups is 1. The number of hydrogen-bond acceptors (Lipinski definition) is 6. The van der Waals surface area contributed by atoms with Crippen LogP contribution in [-0.4, -0.2) is 43.8 Å². The van der Waals surface area contributed by atoms with E-state index >= 15 is 0 Å². The van der Waals surface area contributed by atoms with Crippen LogP contribution in [0.2, 0.25) is 0 Å². The first-order valence-corrected chi connectivity index (χ1v) is 11.5. The van der Waals surface area contributed by atoms with E-state index in [1.54, 1.807) is 12.1 Å². The normalized spacial score (nSPS) is 11.2. The molecular formula is C26H43N5O2. The Kier molecular flexibility index (Phi) is 14.2. The fourth-order valence-corrected chi connectivity index (χ4v) is 3.03. The van der Waals surface area contributed by atoms with Gasteiger partial charge in [-0.15, -0.1) is 0 Å². The minimum atomic E-state index is -0.132. The fourth-order valence-electron chi connectivity index (χ4n) is 3.03. The van der Waals surface area contributed by atoms with Gasteiger partial charge in [0.15, 0.2) is 0 Å². The second-order valence-corrected chi connectivity index (χ2v) is 8.12. The van der Waals surface area contributed by atoms with Gasteiger partial charge in [0.25, 0.3) is 5.91 Å². The molecule has 0 fully saturated rings. The Labute approximate surface area is 202 Å². The summed E-state index contributed by atoms with van der Waals surface area (Å²) < 4.78 is 5.56. The van der Waals surface area contributed by atoms with Gasteiger partial charge in [0, 0.05) is 41.6 Å². The number of carbonyl (C=O) groups excluding carboxylic acids is 1. The van der Waals surface area contributed by atoms with E-state index in [0.717, 1.165) is 25.1 Å². The van der Waals surface area contributed by atoms with Crippen molar-refractivity contribution in [3.63, 3.8) is 0 Å². The molecule has 2 rings (SSSR count). The van der Waals surface area contributed by atoms with Crippen LogP contribution in [0.25, 0.3) is 0 Å². The van der Waals surface area contributed by atoms with Crippen molar-refractivity contribution in [2.45, 2.75) is 53.2 Å². The Morgan fingerprint density at radius 1 is 1.21 bits per heavy atom. The highest BCUT2D eigenvalue weighted by molar-refractivity contribution is 5.92. The molecule has 2 aromatic rings. The average Bonchev–Trinajstić information content (AvgIpc) is 2.82. The van der Waals surface area contributed by atoms with E-state index in [9.17, 15) is 4.79 Å². The third-order valence-electron chi connectivity index (χ3n) is 5.08. The van der Waals surface area contributed by atoms with Crippen LogP contribution < -0.4 is 15.5 Å². The van der Waals surface area contributed by atoms with Gasteiger partial charge in [-0.3, -0.25) is 10.1 Å². The molecule has 0 radical (unpaired) electrons. The first kappa shape index (κ1) is 28.1. The highest BCUT2D eigenvalue weighted by Gasteiger charge is 2.13. The lowest BCUT2D eigenvalue weighted by Gasteiger charge is -2.23. The van der Waals surface area contributed by atoms with Gasteiger partial charge < -0.3 is 15.0 Å². The highest BCUT2D eigenvalue weighted by atomic mass is 16.5. The van der Waals surface area contributed by atoms with Gasteiger partial charge in [-0.05, 0) is 50.5 Å². The number of amides is 1. The van der Waals surface area contributed by atoms with Crippen molar-refractivity contribution in [3.8, 4) is 6.07 Å². The molecule has 33 heavy (non-hydrogen) atoms. The topological polar surface area (TPSA) is 90.3 Å². The summed E-state index contributed by atoms with van der Waals surface area (Å²) >= 11 is 0. The molecule has 7 heteroatoms. The number of benzene rings is 1. The summed E-state index contributed by atoms with van der Waals surface area (Å²) in [5, 5.41) is 13.6. The van der Waals surface area contributed by atoms with Gasteiger partial charge in [-0.25, -0.2) is 4.98 Å². The maximum atomic E-state index is 12.6. The zero-order valence-electron chi connectivity index (χ0n) is 20.7. The number of rotatable bonds is 13. The molecule has 1 aromatic carbocycles. The van der Waals surface area contributed by atoms with Crippen LogP contribution in [0.4, 0.5) is 5.69 Å². The summed E-state index contributed by atoms with van der Waals surface area (Å²) in [5.74, 6) is 0.292. The minimum Gasteiger partial charge on any atom is -0.375 e. The summed E-state index contributed by atoms with van der Waals surface area (Å²) in [4.78, 5) is 19.2. The largest absolute Gasteiger partial charge is 0.375 e. The average molecular weight is 458 g/mol. The van der Waals surface area contributed by atoms with Gasteiger partial charge in [-0.2, -0.15) is 5.26 Å². The lowest BCUT2D eigenvalue weighted by atomic mass is 10.0. The van der Waals surface area contributed by atoms with Crippen molar-refractivity contribution < 1.29 is 12.4 Å². The highest BCUT2D eigenvalue weighted by Crippen LogP contribution is 2.14. The summed E-state index contributed by atoms with van der Waals surface area (Å²) in [6.45, 7) is 10.2. The number of anilines is 1. The summed E-state index contributed by atoms with van der Waals surface area (Å²) in [6, 6.07) is 18.0. The number of nitrogens with one attached hydrogen (secondary N) is 2. The van der Waals surface area contributed by atoms with Crippen LogP contribution in [0.1, 0.15) is 59.6 Å². The Bertz CT molecular complexity index is 847. The molecule has 0 bridgehead atoms. The lowest BCUT2D eigenvalue weighted by Crippen LogP contribution is -2.31. The fraction of sp³-hybridized carbons (Fsp3) is 0.500. The van der Waals surface area contributed by atoms with Gasteiger partial charge in [0.2, 0.25) is 0 Å². The van der Waals surface area contributed by atoms with Crippen LogP contribution in [0.3, 0.4) is 0 Å². The van der Waals surface area contributed by atoms with Crippen molar-refractivity contribution in [1.82, 2.24) is 15.6 Å². The van der Waals surface area contributed by atoms with Gasteiger partial charge in [0.1, 0.15) is 5.69 Å². The molecule has 1 aromatic heterocycles. The molecule has 1 atom stereocenters. The molecule has 2 N–H and O–H groups in total. The lowest BCUT2D eigenvalue weighted by molar-refractivity contribution is 0.0924. The third kappa shape index (κ3) is 12.0. The van der Waals surface area contributed by atoms with Gasteiger partial charge in [-0.1, -0.05) is 37.6 Å². The molecule has 0 saturated heterocycles. The standard InChI is InChI=1S/C24H36N4O2.C2H3N.2H2/c1-5-20(14-15-28(4)22-11-7-6-8-12-22)16-25-24(29)23-13-9-10-21(27-23)17-30-18-26-19(2)3;1-2-3;;/h6-13,19-20,26H,5,14-18H2,1-4H3,(H,25,29);1H3;2*1H. The quantitative estimate of drug-likeness (QED) is 0.330. The van der Waals surface area contributed by atoms with Crippen LogP contribution in [0, 0.1) is 17.2 Å². The first-order valence-electron chi connectivity index (χ1n) is 11.5. The Morgan fingerprint density at radius 3 is 2.55 bits per heavy atom. The van der Waals surface area contributed by atoms with Crippen molar-refractivity contribution in [2.75, 3.05) is 31.8 Å². The molecule has 0 aliphatic carbocycles. The molecular weight excluding hydrogens is 414 g/mol. The Hall–Kier alpha value is -2.95. The molecule has 0 saturated carbocycles. The van der Waals surface area contributed by atoms with Crippen molar-refractivity contribution in [2.24, 2.45) is 5.92 Å². The van der Waals surface area contributed by atoms with Crippen molar-refractivity contribution in [1.29, 1.82) is 5.26 Å². The van der Waals surface area contributed by atoms with Crippen molar-refractivity contribution in [3.05, 3.63) is 59.9 Å². The van der Waals surface area contributed by atoms with E-state index in [0.29, 0.717) is 37.5 Å². The van der Waals surface area contributed by atoms with E-state index in [4.69, 9.17) is 10.00 Å². The molecule has 0 spiro atoms. The third-order valence-corrected chi connectivity index (χ3v) is 5.08.